The molecule has 1 unspecified atom stereocenters. The van der Waals surface area contributed by atoms with Gasteiger partial charge in [0.05, 0.1) is 12.1 Å². The smallest absolute Gasteiger partial charge is 0.139 e. The van der Waals surface area contributed by atoms with Gasteiger partial charge in [0.15, 0.2) is 0 Å². The summed E-state index contributed by atoms with van der Waals surface area (Å²) in [6.45, 7) is 5.26. The number of halogens is 3. The average molecular weight is 314 g/mol. The van der Waals surface area contributed by atoms with Crippen LogP contribution < -0.4 is 15.0 Å². The summed E-state index contributed by atoms with van der Waals surface area (Å²) < 4.78 is 5.23. The zero-order chi connectivity index (χ0) is 11.5. The third-order valence-electron chi connectivity index (χ3n) is 2.87. The summed E-state index contributed by atoms with van der Waals surface area (Å²) in [5.74, 6) is 0.741. The largest absolute Gasteiger partial charge is 0.495 e. The molecule has 0 amide bonds. The molecule has 1 heterocycles. The number of nitrogens with one attached hydrogen (secondary N) is 1. The van der Waals surface area contributed by atoms with Crippen molar-refractivity contribution in [1.29, 1.82) is 0 Å². The van der Waals surface area contributed by atoms with E-state index in [0.717, 1.165) is 25.4 Å². The van der Waals surface area contributed by atoms with Gasteiger partial charge >= 0.3 is 0 Å². The van der Waals surface area contributed by atoms with Gasteiger partial charge in [-0.25, -0.2) is 0 Å². The molecule has 0 spiro atoms. The van der Waals surface area contributed by atoms with Gasteiger partial charge in [0.25, 0.3) is 0 Å². The number of ether oxygens (including phenoxy) is 1. The Morgan fingerprint density at radius 1 is 1.39 bits per heavy atom. The maximum Gasteiger partial charge on any atom is 0.139 e. The average Bonchev–Trinajstić information content (AvgIpc) is 2.29. The molecule has 3 nitrogen and oxygen atoms in total. The molecule has 1 aliphatic rings. The number of hydrogen-bond donors (Lipinski definition) is 1. The van der Waals surface area contributed by atoms with Crippen LogP contribution in [-0.4, -0.2) is 32.8 Å². The third kappa shape index (κ3) is 4.09. The van der Waals surface area contributed by atoms with Gasteiger partial charge in [0, 0.05) is 37.4 Å². The van der Waals surface area contributed by atoms with Crippen LogP contribution in [0.1, 0.15) is 6.92 Å². The lowest BCUT2D eigenvalue weighted by Crippen LogP contribution is -2.49. The fourth-order valence-corrected chi connectivity index (χ4v) is 2.21. The molecular weight excluding hydrogens is 295 g/mol. The van der Waals surface area contributed by atoms with Crippen LogP contribution in [0, 0.1) is 0 Å². The second-order valence-corrected chi connectivity index (χ2v) is 4.53. The minimum Gasteiger partial charge on any atom is -0.495 e. The lowest BCUT2D eigenvalue weighted by atomic mass is 10.2. The highest BCUT2D eigenvalue weighted by molar-refractivity contribution is 6.32. The van der Waals surface area contributed by atoms with Crippen molar-refractivity contribution in [2.45, 2.75) is 13.0 Å². The fourth-order valence-electron chi connectivity index (χ4n) is 2.01. The monoisotopic (exact) mass is 312 g/mol. The highest BCUT2D eigenvalue weighted by atomic mass is 35.5. The first-order valence-corrected chi connectivity index (χ1v) is 5.90. The Labute approximate surface area is 126 Å². The van der Waals surface area contributed by atoms with Crippen molar-refractivity contribution in [2.24, 2.45) is 0 Å². The number of benzene rings is 1. The van der Waals surface area contributed by atoms with Crippen molar-refractivity contribution < 1.29 is 4.74 Å². The van der Waals surface area contributed by atoms with Crippen molar-refractivity contribution in [1.82, 2.24) is 5.32 Å². The first-order chi connectivity index (χ1) is 7.70. The van der Waals surface area contributed by atoms with Crippen LogP contribution in [0.15, 0.2) is 18.2 Å². The molecule has 1 saturated heterocycles. The van der Waals surface area contributed by atoms with Crippen molar-refractivity contribution in [3.05, 3.63) is 23.2 Å². The summed E-state index contributed by atoms with van der Waals surface area (Å²) in [6.07, 6.45) is 0. The molecule has 1 aromatic carbocycles. The molecule has 1 atom stereocenters. The van der Waals surface area contributed by atoms with E-state index in [9.17, 15) is 0 Å². The first-order valence-electron chi connectivity index (χ1n) is 5.52. The lowest BCUT2D eigenvalue weighted by molar-refractivity contribution is 0.414. The van der Waals surface area contributed by atoms with Crippen LogP contribution in [0.3, 0.4) is 0 Å². The number of hydrogen-bond acceptors (Lipinski definition) is 3. The van der Waals surface area contributed by atoms with Gasteiger partial charge in [-0.05, 0) is 19.1 Å². The number of nitrogens with zero attached hydrogens (tertiary/aromatic N) is 1. The van der Waals surface area contributed by atoms with E-state index < -0.39 is 0 Å². The molecule has 6 heteroatoms. The lowest BCUT2D eigenvalue weighted by Gasteiger charge is -2.33. The van der Waals surface area contributed by atoms with Crippen molar-refractivity contribution in [3.63, 3.8) is 0 Å². The predicted molar refractivity (Wildman–Crippen MR) is 82.2 cm³/mol. The summed E-state index contributed by atoms with van der Waals surface area (Å²) in [5.41, 5.74) is 1.18. The second kappa shape index (κ2) is 7.95. The molecule has 1 fully saturated rings. The van der Waals surface area contributed by atoms with Crippen LogP contribution in [0.2, 0.25) is 5.02 Å². The maximum atomic E-state index is 6.01. The zero-order valence-corrected chi connectivity index (χ0v) is 12.9. The Morgan fingerprint density at radius 3 is 2.72 bits per heavy atom. The molecular formula is C12H19Cl3N2O. The molecule has 0 saturated carbocycles. The maximum absolute atomic E-state index is 6.01. The van der Waals surface area contributed by atoms with E-state index in [1.54, 1.807) is 7.11 Å². The van der Waals surface area contributed by atoms with Crippen molar-refractivity contribution in [3.8, 4) is 5.75 Å². The van der Waals surface area contributed by atoms with Crippen LogP contribution in [-0.2, 0) is 0 Å². The molecule has 2 rings (SSSR count). The van der Waals surface area contributed by atoms with Gasteiger partial charge < -0.3 is 15.0 Å². The van der Waals surface area contributed by atoms with Gasteiger partial charge in [-0.1, -0.05) is 11.6 Å². The highest BCUT2D eigenvalue weighted by Crippen LogP contribution is 2.29. The SMILES string of the molecule is COc1cc(N2CCNC(C)C2)ccc1Cl.Cl.Cl. The Hall–Kier alpha value is -0.350. The summed E-state index contributed by atoms with van der Waals surface area (Å²) in [4.78, 5) is 2.35. The van der Waals surface area contributed by atoms with E-state index in [-0.39, 0.29) is 24.8 Å². The number of methoxy groups -OCH3 is 1. The molecule has 0 aliphatic carbocycles. The fraction of sp³-hybridized carbons (Fsp3) is 0.500. The molecule has 1 aromatic rings. The minimum atomic E-state index is 0. The van der Waals surface area contributed by atoms with Gasteiger partial charge in [0.2, 0.25) is 0 Å². The Kier molecular flexibility index (Phi) is 7.79. The normalized spacial score (nSPS) is 18.6. The summed E-state index contributed by atoms with van der Waals surface area (Å²) in [6, 6.07) is 6.46. The molecule has 1 N–H and O–H groups in total. The van der Waals surface area contributed by atoms with E-state index in [1.807, 2.05) is 18.2 Å². The molecule has 0 radical (unpaired) electrons. The number of rotatable bonds is 2. The first kappa shape index (κ1) is 17.6. The second-order valence-electron chi connectivity index (χ2n) is 4.12. The van der Waals surface area contributed by atoms with E-state index in [2.05, 4.69) is 17.1 Å². The predicted octanol–water partition coefficient (Wildman–Crippen LogP) is 2.99. The van der Waals surface area contributed by atoms with E-state index in [4.69, 9.17) is 16.3 Å². The van der Waals surface area contributed by atoms with E-state index >= 15 is 0 Å². The van der Waals surface area contributed by atoms with Crippen LogP contribution >= 0.6 is 36.4 Å². The Balaban J connectivity index is 0.00000144. The molecule has 0 bridgehead atoms. The van der Waals surface area contributed by atoms with E-state index in [0.29, 0.717) is 11.1 Å². The Bertz CT molecular complexity index is 376. The van der Waals surface area contributed by atoms with Gasteiger partial charge in [-0.2, -0.15) is 0 Å². The van der Waals surface area contributed by atoms with Gasteiger partial charge in [0.1, 0.15) is 5.75 Å². The minimum absolute atomic E-state index is 0. The van der Waals surface area contributed by atoms with Gasteiger partial charge in [-0.15, -0.1) is 24.8 Å². The summed E-state index contributed by atoms with van der Waals surface area (Å²) in [5, 5.41) is 4.08. The summed E-state index contributed by atoms with van der Waals surface area (Å²) in [7, 11) is 1.64. The van der Waals surface area contributed by atoms with Crippen LogP contribution in [0.25, 0.3) is 0 Å². The number of piperazine rings is 1. The van der Waals surface area contributed by atoms with Crippen molar-refractivity contribution in [2.75, 3.05) is 31.6 Å². The quantitative estimate of drug-likeness (QED) is 0.908. The van der Waals surface area contributed by atoms with Crippen LogP contribution in [0.5, 0.6) is 5.75 Å². The third-order valence-corrected chi connectivity index (χ3v) is 3.18. The van der Waals surface area contributed by atoms with Crippen molar-refractivity contribution >= 4 is 42.1 Å². The summed E-state index contributed by atoms with van der Waals surface area (Å²) >= 11 is 6.01. The van der Waals surface area contributed by atoms with Gasteiger partial charge in [-0.3, -0.25) is 0 Å². The number of anilines is 1. The molecule has 0 aromatic heterocycles. The zero-order valence-electron chi connectivity index (χ0n) is 10.5. The highest BCUT2D eigenvalue weighted by Gasteiger charge is 2.16. The molecule has 18 heavy (non-hydrogen) atoms. The van der Waals surface area contributed by atoms with E-state index in [1.165, 1.54) is 5.69 Å². The topological polar surface area (TPSA) is 24.5 Å². The van der Waals surface area contributed by atoms with Crippen LogP contribution in [0.4, 0.5) is 5.69 Å². The standard InChI is InChI=1S/C12H17ClN2O.2ClH/c1-9-8-15(6-5-14-9)10-3-4-11(13)12(7-10)16-2;;/h3-4,7,9,14H,5-6,8H2,1-2H3;2*1H. The molecule has 104 valence electrons. The Morgan fingerprint density at radius 2 is 2.11 bits per heavy atom. The molecule has 1 aliphatic heterocycles.